The predicted molar refractivity (Wildman–Crippen MR) is 114 cm³/mol. The lowest BCUT2D eigenvalue weighted by molar-refractivity contribution is 0.626. The van der Waals surface area contributed by atoms with Crippen LogP contribution < -0.4 is 5.32 Å². The quantitative estimate of drug-likeness (QED) is 0.505. The van der Waals surface area contributed by atoms with Gasteiger partial charge < -0.3 is 5.32 Å². The maximum absolute atomic E-state index is 15.1. The molecule has 5 heteroatoms. The summed E-state index contributed by atoms with van der Waals surface area (Å²) in [6.45, 7) is 4.49. The highest BCUT2D eigenvalue weighted by molar-refractivity contribution is 5.97. The van der Waals surface area contributed by atoms with Crippen molar-refractivity contribution in [3.05, 3.63) is 76.6 Å². The Morgan fingerprint density at radius 2 is 1.86 bits per heavy atom. The first-order valence-corrected chi connectivity index (χ1v) is 9.45. The van der Waals surface area contributed by atoms with Crippen molar-refractivity contribution in [3.63, 3.8) is 0 Å². The molecule has 1 aromatic heterocycles. The van der Waals surface area contributed by atoms with E-state index < -0.39 is 0 Å². The Balaban J connectivity index is 1.94. The highest BCUT2D eigenvalue weighted by atomic mass is 19.1. The van der Waals surface area contributed by atoms with Crippen LogP contribution in [0.1, 0.15) is 22.3 Å². The monoisotopic (exact) mass is 384 g/mol. The second-order valence-electron chi connectivity index (χ2n) is 7.29. The number of aromatic amines is 1. The minimum atomic E-state index is -0.327. The molecule has 2 N–H and O–H groups in total. The predicted octanol–water partition coefficient (Wildman–Crippen LogP) is 5.24. The number of rotatable bonds is 4. The Labute approximate surface area is 169 Å². The largest absolute Gasteiger partial charge is 0.316 e. The Morgan fingerprint density at radius 3 is 2.52 bits per heavy atom. The molecule has 0 atom stereocenters. The fraction of sp³-hybridized carbons (Fsp3) is 0.167. The molecule has 0 saturated carbocycles. The van der Waals surface area contributed by atoms with Gasteiger partial charge in [-0.05, 0) is 50.2 Å². The van der Waals surface area contributed by atoms with Crippen LogP contribution in [0.25, 0.3) is 33.3 Å². The standard InChI is InChI=1S/C24H21FN4/c1-14-4-6-17(7-5-14)24-20-11-19(18(12-26)10-22(20)28-29-24)23-15(2)8-16(13-27-3)9-21(23)25/h4-11,27H,13H2,1-3H3,(H,28,29). The van der Waals surface area contributed by atoms with Gasteiger partial charge >= 0.3 is 0 Å². The summed E-state index contributed by atoms with van der Waals surface area (Å²) in [6, 6.07) is 17.4. The molecular formula is C24H21FN4. The van der Waals surface area contributed by atoms with Crippen molar-refractivity contribution >= 4 is 10.9 Å². The van der Waals surface area contributed by atoms with Crippen LogP contribution in [0.3, 0.4) is 0 Å². The number of halogens is 1. The molecule has 0 bridgehead atoms. The Kier molecular flexibility index (Phi) is 4.87. The molecule has 0 aliphatic carbocycles. The van der Waals surface area contributed by atoms with Gasteiger partial charge in [0.2, 0.25) is 0 Å². The first-order chi connectivity index (χ1) is 14.0. The molecule has 144 valence electrons. The molecule has 0 fully saturated rings. The molecule has 4 nitrogen and oxygen atoms in total. The number of benzene rings is 3. The summed E-state index contributed by atoms with van der Waals surface area (Å²) < 4.78 is 15.1. The molecule has 0 amide bonds. The van der Waals surface area contributed by atoms with E-state index in [9.17, 15) is 5.26 Å². The van der Waals surface area contributed by atoms with Gasteiger partial charge in [0.1, 0.15) is 5.82 Å². The maximum Gasteiger partial charge on any atom is 0.131 e. The Hall–Kier alpha value is -3.49. The maximum atomic E-state index is 15.1. The summed E-state index contributed by atoms with van der Waals surface area (Å²) in [5.74, 6) is -0.327. The minimum Gasteiger partial charge on any atom is -0.316 e. The van der Waals surface area contributed by atoms with E-state index in [0.29, 0.717) is 23.2 Å². The van der Waals surface area contributed by atoms with Gasteiger partial charge in [0.25, 0.3) is 0 Å². The lowest BCUT2D eigenvalue weighted by atomic mass is 9.92. The summed E-state index contributed by atoms with van der Waals surface area (Å²) in [4.78, 5) is 0. The van der Waals surface area contributed by atoms with Crippen molar-refractivity contribution in [3.8, 4) is 28.5 Å². The molecule has 0 unspecified atom stereocenters. The van der Waals surface area contributed by atoms with Crippen LogP contribution in [0.5, 0.6) is 0 Å². The highest BCUT2D eigenvalue weighted by Gasteiger charge is 2.18. The number of aryl methyl sites for hydroxylation is 2. The lowest BCUT2D eigenvalue weighted by Gasteiger charge is -2.13. The Morgan fingerprint density at radius 1 is 1.10 bits per heavy atom. The number of nitrogens with zero attached hydrogens (tertiary/aromatic N) is 2. The summed E-state index contributed by atoms with van der Waals surface area (Å²) in [5, 5.41) is 21.1. The van der Waals surface area contributed by atoms with Crippen molar-refractivity contribution in [1.82, 2.24) is 15.5 Å². The van der Waals surface area contributed by atoms with Crippen LogP contribution in [0.15, 0.2) is 48.5 Å². The average molecular weight is 384 g/mol. The molecule has 0 radical (unpaired) electrons. The number of H-pyrrole nitrogens is 1. The molecule has 0 saturated heterocycles. The molecule has 29 heavy (non-hydrogen) atoms. The SMILES string of the molecule is CNCc1cc(C)c(-c2cc3c(-c4ccc(C)cc4)n[nH]c3cc2C#N)c(F)c1. The molecule has 0 aliphatic heterocycles. The van der Waals surface area contributed by atoms with E-state index in [1.807, 2.05) is 57.3 Å². The van der Waals surface area contributed by atoms with Crippen molar-refractivity contribution in [1.29, 1.82) is 5.26 Å². The first kappa shape index (κ1) is 18.9. The number of fused-ring (bicyclic) bond motifs is 1. The minimum absolute atomic E-state index is 0.327. The molecular weight excluding hydrogens is 363 g/mol. The average Bonchev–Trinajstić information content (AvgIpc) is 3.10. The third-order valence-corrected chi connectivity index (χ3v) is 5.14. The highest BCUT2D eigenvalue weighted by Crippen LogP contribution is 2.36. The topological polar surface area (TPSA) is 64.5 Å². The van der Waals surface area contributed by atoms with Gasteiger partial charge in [-0.25, -0.2) is 4.39 Å². The van der Waals surface area contributed by atoms with Crippen molar-refractivity contribution in [2.24, 2.45) is 0 Å². The number of nitriles is 1. The van der Waals surface area contributed by atoms with Crippen LogP contribution in [0, 0.1) is 31.0 Å². The van der Waals surface area contributed by atoms with Crippen LogP contribution in [-0.2, 0) is 6.54 Å². The van der Waals surface area contributed by atoms with Gasteiger partial charge in [0, 0.05) is 28.6 Å². The van der Waals surface area contributed by atoms with Crippen LogP contribution in [0.4, 0.5) is 4.39 Å². The zero-order valence-corrected chi connectivity index (χ0v) is 16.6. The van der Waals surface area contributed by atoms with Gasteiger partial charge in [-0.2, -0.15) is 10.4 Å². The zero-order valence-electron chi connectivity index (χ0n) is 16.6. The second kappa shape index (κ2) is 7.50. The number of nitrogens with one attached hydrogen (secondary N) is 2. The number of hydrogen-bond donors (Lipinski definition) is 2. The summed E-state index contributed by atoms with van der Waals surface area (Å²) in [5.41, 5.74) is 6.81. The van der Waals surface area contributed by atoms with E-state index in [4.69, 9.17) is 0 Å². The summed E-state index contributed by atoms with van der Waals surface area (Å²) in [6.07, 6.45) is 0. The van der Waals surface area contributed by atoms with Crippen LogP contribution >= 0.6 is 0 Å². The number of aromatic nitrogens is 2. The molecule has 4 rings (SSSR count). The van der Waals surface area contributed by atoms with Crippen LogP contribution in [-0.4, -0.2) is 17.2 Å². The van der Waals surface area contributed by atoms with Gasteiger partial charge in [-0.3, -0.25) is 5.10 Å². The third-order valence-electron chi connectivity index (χ3n) is 5.14. The summed E-state index contributed by atoms with van der Waals surface area (Å²) in [7, 11) is 1.83. The van der Waals surface area contributed by atoms with Crippen molar-refractivity contribution in [2.45, 2.75) is 20.4 Å². The third kappa shape index (κ3) is 3.39. The van der Waals surface area contributed by atoms with E-state index in [2.05, 4.69) is 21.6 Å². The van der Waals surface area contributed by atoms with Crippen molar-refractivity contribution < 1.29 is 4.39 Å². The van der Waals surface area contributed by atoms with E-state index >= 15 is 4.39 Å². The lowest BCUT2D eigenvalue weighted by Crippen LogP contribution is -2.06. The normalized spacial score (nSPS) is 11.0. The molecule has 4 aromatic rings. The fourth-order valence-corrected chi connectivity index (χ4v) is 3.76. The van der Waals surface area contributed by atoms with E-state index in [1.165, 1.54) is 11.6 Å². The molecule has 0 spiro atoms. The molecule has 1 heterocycles. The molecule has 0 aliphatic rings. The van der Waals surface area contributed by atoms with Gasteiger partial charge in [-0.15, -0.1) is 0 Å². The smallest absolute Gasteiger partial charge is 0.131 e. The van der Waals surface area contributed by atoms with Crippen LogP contribution in [0.2, 0.25) is 0 Å². The van der Waals surface area contributed by atoms with Gasteiger partial charge in [0.05, 0.1) is 22.8 Å². The van der Waals surface area contributed by atoms with E-state index in [-0.39, 0.29) is 5.82 Å². The summed E-state index contributed by atoms with van der Waals surface area (Å²) >= 11 is 0. The van der Waals surface area contributed by atoms with Crippen molar-refractivity contribution in [2.75, 3.05) is 7.05 Å². The van der Waals surface area contributed by atoms with Gasteiger partial charge in [-0.1, -0.05) is 35.9 Å². The van der Waals surface area contributed by atoms with E-state index in [1.54, 1.807) is 6.07 Å². The molecule has 3 aromatic carbocycles. The fourth-order valence-electron chi connectivity index (χ4n) is 3.76. The van der Waals surface area contributed by atoms with E-state index in [0.717, 1.165) is 33.3 Å². The second-order valence-corrected chi connectivity index (χ2v) is 7.29. The first-order valence-electron chi connectivity index (χ1n) is 9.45. The Bertz CT molecular complexity index is 1220. The van der Waals surface area contributed by atoms with Gasteiger partial charge in [0.15, 0.2) is 0 Å². The zero-order chi connectivity index (χ0) is 20.5. The number of hydrogen-bond acceptors (Lipinski definition) is 3.